The molecule has 6 heteroatoms. The van der Waals surface area contributed by atoms with Crippen molar-refractivity contribution in [3.63, 3.8) is 0 Å². The zero-order valence-corrected chi connectivity index (χ0v) is 14.5. The van der Waals surface area contributed by atoms with Crippen LogP contribution in [0.2, 0.25) is 0 Å². The number of methoxy groups -OCH3 is 1. The largest absolute Gasteiger partial charge is 0.467 e. The van der Waals surface area contributed by atoms with Crippen LogP contribution in [0.15, 0.2) is 30.3 Å². The van der Waals surface area contributed by atoms with Crippen molar-refractivity contribution in [2.24, 2.45) is 5.92 Å². The fourth-order valence-corrected chi connectivity index (χ4v) is 3.71. The third-order valence-electron chi connectivity index (χ3n) is 5.09. The molecule has 3 rings (SSSR count). The van der Waals surface area contributed by atoms with Crippen molar-refractivity contribution in [1.29, 1.82) is 0 Å². The van der Waals surface area contributed by atoms with Crippen LogP contribution in [0.1, 0.15) is 24.8 Å². The topological polar surface area (TPSA) is 66.9 Å². The normalized spacial score (nSPS) is 23.2. The van der Waals surface area contributed by atoms with E-state index in [0.717, 1.165) is 12.8 Å². The van der Waals surface area contributed by atoms with Crippen LogP contribution in [0.25, 0.3) is 0 Å². The Morgan fingerprint density at radius 1 is 1.24 bits per heavy atom. The van der Waals surface area contributed by atoms with Crippen LogP contribution in [0.4, 0.5) is 0 Å². The Morgan fingerprint density at radius 2 is 2.00 bits per heavy atom. The number of rotatable bonds is 5. The van der Waals surface area contributed by atoms with Gasteiger partial charge in [0.05, 0.1) is 13.0 Å². The summed E-state index contributed by atoms with van der Waals surface area (Å²) in [6.45, 7) is 1.62. The Morgan fingerprint density at radius 3 is 2.72 bits per heavy atom. The summed E-state index contributed by atoms with van der Waals surface area (Å²) in [7, 11) is 1.34. The van der Waals surface area contributed by atoms with Crippen molar-refractivity contribution < 1.29 is 19.1 Å². The molecule has 1 aromatic carbocycles. The van der Waals surface area contributed by atoms with Crippen LogP contribution >= 0.6 is 0 Å². The fourth-order valence-electron chi connectivity index (χ4n) is 3.71. The van der Waals surface area contributed by atoms with E-state index in [0.29, 0.717) is 26.1 Å². The van der Waals surface area contributed by atoms with Crippen LogP contribution in [-0.2, 0) is 25.5 Å². The smallest absolute Gasteiger partial charge is 0.328 e. The number of ether oxygens (including phenoxy) is 1. The molecule has 2 amide bonds. The van der Waals surface area contributed by atoms with Crippen LogP contribution in [-0.4, -0.2) is 60.4 Å². The molecule has 0 aromatic heterocycles. The average molecular weight is 344 g/mol. The van der Waals surface area contributed by atoms with Gasteiger partial charge in [-0.2, -0.15) is 0 Å². The molecule has 2 atom stereocenters. The standard InChI is InChI=1S/C19H24N2O4/c1-25-19(24)16-8-5-10-21(16)18(23)15-12-17(22)20(13-15)11-9-14-6-3-2-4-7-14/h2-4,6-7,15-16H,5,8-13H2,1H3. The van der Waals surface area contributed by atoms with Crippen molar-refractivity contribution in [2.45, 2.75) is 31.7 Å². The van der Waals surface area contributed by atoms with Crippen LogP contribution < -0.4 is 0 Å². The average Bonchev–Trinajstić information content (AvgIpc) is 3.26. The van der Waals surface area contributed by atoms with Crippen molar-refractivity contribution in [3.8, 4) is 0 Å². The number of nitrogens with zero attached hydrogens (tertiary/aromatic N) is 2. The molecule has 0 radical (unpaired) electrons. The lowest BCUT2D eigenvalue weighted by atomic mass is 10.1. The Balaban J connectivity index is 1.58. The number of hydrogen-bond acceptors (Lipinski definition) is 4. The first kappa shape index (κ1) is 17.5. The highest BCUT2D eigenvalue weighted by atomic mass is 16.5. The van der Waals surface area contributed by atoms with Gasteiger partial charge in [0.2, 0.25) is 11.8 Å². The second-order valence-corrected chi connectivity index (χ2v) is 6.69. The lowest BCUT2D eigenvalue weighted by Gasteiger charge is -2.25. The summed E-state index contributed by atoms with van der Waals surface area (Å²) < 4.78 is 4.80. The molecule has 1 aromatic rings. The number of carbonyl (C=O) groups is 3. The summed E-state index contributed by atoms with van der Waals surface area (Å²) in [5.41, 5.74) is 1.18. The number of likely N-dealkylation sites (tertiary alicyclic amines) is 2. The van der Waals surface area contributed by atoms with E-state index in [1.807, 2.05) is 30.3 Å². The van der Waals surface area contributed by atoms with Gasteiger partial charge in [0.25, 0.3) is 0 Å². The van der Waals surface area contributed by atoms with Gasteiger partial charge in [-0.05, 0) is 24.8 Å². The molecule has 2 unspecified atom stereocenters. The van der Waals surface area contributed by atoms with E-state index in [-0.39, 0.29) is 30.1 Å². The van der Waals surface area contributed by atoms with Gasteiger partial charge in [-0.15, -0.1) is 0 Å². The van der Waals surface area contributed by atoms with E-state index in [1.165, 1.54) is 12.7 Å². The molecule has 2 heterocycles. The maximum Gasteiger partial charge on any atom is 0.328 e. The molecule has 2 saturated heterocycles. The third kappa shape index (κ3) is 3.83. The zero-order chi connectivity index (χ0) is 17.8. The van der Waals surface area contributed by atoms with Gasteiger partial charge in [-0.3, -0.25) is 9.59 Å². The number of benzene rings is 1. The van der Waals surface area contributed by atoms with Gasteiger partial charge in [0.15, 0.2) is 0 Å². The fraction of sp³-hybridized carbons (Fsp3) is 0.526. The first-order valence-electron chi connectivity index (χ1n) is 8.80. The van der Waals surface area contributed by atoms with E-state index in [1.54, 1.807) is 9.80 Å². The molecule has 134 valence electrons. The first-order valence-corrected chi connectivity index (χ1v) is 8.80. The molecule has 2 fully saturated rings. The number of hydrogen-bond donors (Lipinski definition) is 0. The summed E-state index contributed by atoms with van der Waals surface area (Å²) >= 11 is 0. The molecule has 0 N–H and O–H groups in total. The third-order valence-corrected chi connectivity index (χ3v) is 5.09. The molecule has 25 heavy (non-hydrogen) atoms. The van der Waals surface area contributed by atoms with E-state index in [2.05, 4.69) is 0 Å². The summed E-state index contributed by atoms with van der Waals surface area (Å²) in [5.74, 6) is -0.795. The molecule has 0 aliphatic carbocycles. The summed E-state index contributed by atoms with van der Waals surface area (Å²) in [6, 6.07) is 9.50. The molecular weight excluding hydrogens is 320 g/mol. The Bertz CT molecular complexity index is 646. The van der Waals surface area contributed by atoms with Crippen molar-refractivity contribution in [1.82, 2.24) is 9.80 Å². The highest BCUT2D eigenvalue weighted by molar-refractivity contribution is 5.92. The molecule has 2 aliphatic rings. The van der Waals surface area contributed by atoms with Gasteiger partial charge in [-0.1, -0.05) is 30.3 Å². The second kappa shape index (κ2) is 7.68. The Hall–Kier alpha value is -2.37. The molecule has 0 spiro atoms. The maximum atomic E-state index is 12.8. The highest BCUT2D eigenvalue weighted by Crippen LogP contribution is 2.26. The molecule has 2 aliphatic heterocycles. The van der Waals surface area contributed by atoms with E-state index in [4.69, 9.17) is 4.74 Å². The zero-order valence-electron chi connectivity index (χ0n) is 14.5. The van der Waals surface area contributed by atoms with E-state index < -0.39 is 6.04 Å². The minimum Gasteiger partial charge on any atom is -0.467 e. The van der Waals surface area contributed by atoms with Crippen LogP contribution in [0, 0.1) is 5.92 Å². The lowest BCUT2D eigenvalue weighted by Crippen LogP contribution is -2.44. The lowest BCUT2D eigenvalue weighted by molar-refractivity contribution is -0.152. The summed E-state index contributed by atoms with van der Waals surface area (Å²) in [6.07, 6.45) is 2.45. The maximum absolute atomic E-state index is 12.8. The van der Waals surface area contributed by atoms with Crippen molar-refractivity contribution in [3.05, 3.63) is 35.9 Å². The first-order chi connectivity index (χ1) is 12.1. The van der Waals surface area contributed by atoms with Gasteiger partial charge < -0.3 is 14.5 Å². The monoisotopic (exact) mass is 344 g/mol. The van der Waals surface area contributed by atoms with Gasteiger partial charge in [-0.25, -0.2) is 4.79 Å². The molecule has 0 saturated carbocycles. The van der Waals surface area contributed by atoms with Crippen LogP contribution in [0.3, 0.4) is 0 Å². The van der Waals surface area contributed by atoms with E-state index >= 15 is 0 Å². The summed E-state index contributed by atoms with van der Waals surface area (Å²) in [5, 5.41) is 0. The number of esters is 1. The summed E-state index contributed by atoms with van der Waals surface area (Å²) in [4.78, 5) is 40.2. The highest BCUT2D eigenvalue weighted by Gasteiger charge is 2.41. The quantitative estimate of drug-likeness (QED) is 0.754. The SMILES string of the molecule is COC(=O)C1CCCN1C(=O)C1CC(=O)N(CCc2ccccc2)C1. The predicted octanol–water partition coefficient (Wildman–Crippen LogP) is 1.24. The minimum atomic E-state index is -0.494. The van der Waals surface area contributed by atoms with E-state index in [9.17, 15) is 14.4 Å². The molecule has 6 nitrogen and oxygen atoms in total. The molecule has 0 bridgehead atoms. The second-order valence-electron chi connectivity index (χ2n) is 6.69. The Kier molecular flexibility index (Phi) is 5.36. The van der Waals surface area contributed by atoms with Crippen molar-refractivity contribution in [2.75, 3.05) is 26.7 Å². The molecular formula is C19H24N2O4. The predicted molar refractivity (Wildman–Crippen MR) is 91.6 cm³/mol. The van der Waals surface area contributed by atoms with Crippen molar-refractivity contribution >= 4 is 17.8 Å². The number of amides is 2. The van der Waals surface area contributed by atoms with Gasteiger partial charge in [0.1, 0.15) is 6.04 Å². The minimum absolute atomic E-state index is 0.0168. The Labute approximate surface area is 147 Å². The van der Waals surface area contributed by atoms with Gasteiger partial charge >= 0.3 is 5.97 Å². The number of carbonyl (C=O) groups excluding carboxylic acids is 3. The van der Waals surface area contributed by atoms with Gasteiger partial charge in [0, 0.05) is 26.1 Å². The van der Waals surface area contributed by atoms with Crippen LogP contribution in [0.5, 0.6) is 0 Å².